The first-order valence-corrected chi connectivity index (χ1v) is 5.70. The van der Waals surface area contributed by atoms with Crippen LogP contribution in [0, 0.1) is 5.92 Å². The quantitative estimate of drug-likeness (QED) is 0.525. The fourth-order valence-corrected chi connectivity index (χ4v) is 1.17. The van der Waals surface area contributed by atoms with Gasteiger partial charge in [-0.1, -0.05) is 13.8 Å². The Balaban J connectivity index is 3.29. The van der Waals surface area contributed by atoms with E-state index in [4.69, 9.17) is 15.2 Å². The van der Waals surface area contributed by atoms with Crippen LogP contribution in [0.25, 0.3) is 0 Å². The van der Waals surface area contributed by atoms with Crippen molar-refractivity contribution in [1.29, 1.82) is 0 Å². The number of likely N-dealkylation sites (N-methyl/N-ethyl adjacent to an activating group) is 1. The lowest BCUT2D eigenvalue weighted by Crippen LogP contribution is -2.39. The van der Waals surface area contributed by atoms with Gasteiger partial charge in [-0.15, -0.1) is 0 Å². The van der Waals surface area contributed by atoms with Gasteiger partial charge in [0.2, 0.25) is 5.91 Å². The molecule has 16 heavy (non-hydrogen) atoms. The highest BCUT2D eigenvalue weighted by Crippen LogP contribution is 1.94. The van der Waals surface area contributed by atoms with Crippen molar-refractivity contribution < 1.29 is 14.3 Å². The van der Waals surface area contributed by atoms with Crippen LogP contribution in [-0.4, -0.2) is 45.4 Å². The Kier molecular flexibility index (Phi) is 9.18. The zero-order valence-corrected chi connectivity index (χ0v) is 10.5. The molecular weight excluding hydrogens is 208 g/mol. The molecule has 5 nitrogen and oxygen atoms in total. The van der Waals surface area contributed by atoms with E-state index >= 15 is 0 Å². The molecule has 0 saturated carbocycles. The van der Waals surface area contributed by atoms with Crippen molar-refractivity contribution in [2.45, 2.75) is 26.3 Å². The average Bonchev–Trinajstić information content (AvgIpc) is 2.21. The van der Waals surface area contributed by atoms with Crippen LogP contribution in [0.3, 0.4) is 0 Å². The van der Waals surface area contributed by atoms with Crippen LogP contribution in [0.4, 0.5) is 0 Å². The van der Waals surface area contributed by atoms with Gasteiger partial charge in [-0.25, -0.2) is 0 Å². The molecule has 3 N–H and O–H groups in total. The highest BCUT2D eigenvalue weighted by Gasteiger charge is 2.11. The van der Waals surface area contributed by atoms with E-state index in [1.807, 2.05) is 0 Å². The Hall–Kier alpha value is -0.650. The van der Waals surface area contributed by atoms with Crippen molar-refractivity contribution in [3.63, 3.8) is 0 Å². The van der Waals surface area contributed by atoms with E-state index in [0.29, 0.717) is 32.2 Å². The number of hydrogen-bond acceptors (Lipinski definition) is 4. The number of primary amides is 1. The summed E-state index contributed by atoms with van der Waals surface area (Å²) in [6.07, 6.45) is 0.593. The van der Waals surface area contributed by atoms with Gasteiger partial charge < -0.3 is 20.5 Å². The SMILES string of the molecule is CNC(CCOCCOCC(C)C)C(N)=O. The highest BCUT2D eigenvalue weighted by molar-refractivity contribution is 5.79. The second-order valence-corrected chi connectivity index (χ2v) is 4.11. The van der Waals surface area contributed by atoms with E-state index in [0.717, 1.165) is 6.61 Å². The van der Waals surface area contributed by atoms with Gasteiger partial charge in [-0.3, -0.25) is 4.79 Å². The predicted molar refractivity (Wildman–Crippen MR) is 63.1 cm³/mol. The van der Waals surface area contributed by atoms with Crippen molar-refractivity contribution in [2.24, 2.45) is 11.7 Å². The van der Waals surface area contributed by atoms with Crippen LogP contribution >= 0.6 is 0 Å². The highest BCUT2D eigenvalue weighted by atomic mass is 16.5. The standard InChI is InChI=1S/C11H24N2O3/c1-9(2)8-16-7-6-15-5-4-10(13-3)11(12)14/h9-10,13H,4-8H2,1-3H3,(H2,12,14). The first kappa shape index (κ1) is 15.3. The molecule has 0 radical (unpaired) electrons. The molecule has 0 aliphatic carbocycles. The molecular formula is C11H24N2O3. The summed E-state index contributed by atoms with van der Waals surface area (Å²) in [4.78, 5) is 10.9. The molecule has 1 unspecified atom stereocenters. The van der Waals surface area contributed by atoms with E-state index < -0.39 is 0 Å². The molecule has 1 atom stereocenters. The fourth-order valence-electron chi connectivity index (χ4n) is 1.17. The minimum absolute atomic E-state index is 0.309. The molecule has 0 rings (SSSR count). The number of hydrogen-bond donors (Lipinski definition) is 2. The summed E-state index contributed by atoms with van der Waals surface area (Å²) in [5.74, 6) is 0.200. The van der Waals surface area contributed by atoms with Crippen LogP contribution in [0.1, 0.15) is 20.3 Å². The topological polar surface area (TPSA) is 73.6 Å². The third kappa shape index (κ3) is 8.64. The third-order valence-electron chi connectivity index (χ3n) is 2.07. The Morgan fingerprint density at radius 3 is 2.38 bits per heavy atom. The van der Waals surface area contributed by atoms with E-state index in [9.17, 15) is 4.79 Å². The van der Waals surface area contributed by atoms with Crippen LogP contribution in [0.5, 0.6) is 0 Å². The summed E-state index contributed by atoms with van der Waals surface area (Å²) >= 11 is 0. The summed E-state index contributed by atoms with van der Waals surface area (Å²) in [5, 5.41) is 2.83. The van der Waals surface area contributed by atoms with Crippen molar-refractivity contribution in [3.05, 3.63) is 0 Å². The molecule has 0 aliphatic rings. The lowest BCUT2D eigenvalue weighted by atomic mass is 10.2. The molecule has 0 aromatic rings. The lowest BCUT2D eigenvalue weighted by Gasteiger charge is -2.12. The Morgan fingerprint density at radius 1 is 1.25 bits per heavy atom. The van der Waals surface area contributed by atoms with Crippen LogP contribution in [-0.2, 0) is 14.3 Å². The summed E-state index contributed by atoms with van der Waals surface area (Å²) in [5.41, 5.74) is 5.16. The molecule has 0 bridgehead atoms. The van der Waals surface area contributed by atoms with Crippen LogP contribution in [0.15, 0.2) is 0 Å². The van der Waals surface area contributed by atoms with Crippen LogP contribution < -0.4 is 11.1 Å². The third-order valence-corrected chi connectivity index (χ3v) is 2.07. The summed E-state index contributed by atoms with van der Waals surface area (Å²) in [6, 6.07) is -0.309. The monoisotopic (exact) mass is 232 g/mol. The predicted octanol–water partition coefficient (Wildman–Crippen LogP) is 0.139. The summed E-state index contributed by atoms with van der Waals surface area (Å²) in [7, 11) is 1.71. The molecule has 0 fully saturated rings. The van der Waals surface area contributed by atoms with E-state index in [-0.39, 0.29) is 11.9 Å². The molecule has 0 aromatic carbocycles. The lowest BCUT2D eigenvalue weighted by molar-refractivity contribution is -0.120. The number of carbonyl (C=O) groups excluding carboxylic acids is 1. The minimum Gasteiger partial charge on any atom is -0.379 e. The normalized spacial score (nSPS) is 13.0. The second-order valence-electron chi connectivity index (χ2n) is 4.11. The fraction of sp³-hybridized carbons (Fsp3) is 0.909. The van der Waals surface area contributed by atoms with Crippen molar-refractivity contribution in [1.82, 2.24) is 5.32 Å². The second kappa shape index (κ2) is 9.57. The van der Waals surface area contributed by atoms with Gasteiger partial charge in [0.25, 0.3) is 0 Å². The largest absolute Gasteiger partial charge is 0.379 e. The van der Waals surface area contributed by atoms with Gasteiger partial charge in [0.1, 0.15) is 0 Å². The zero-order chi connectivity index (χ0) is 12.4. The van der Waals surface area contributed by atoms with Gasteiger partial charge in [0, 0.05) is 13.2 Å². The van der Waals surface area contributed by atoms with E-state index in [1.165, 1.54) is 0 Å². The smallest absolute Gasteiger partial charge is 0.234 e. The number of amides is 1. The first-order chi connectivity index (χ1) is 7.57. The zero-order valence-electron chi connectivity index (χ0n) is 10.5. The number of nitrogens with one attached hydrogen (secondary N) is 1. The molecule has 0 heterocycles. The van der Waals surface area contributed by atoms with Crippen LogP contribution in [0.2, 0.25) is 0 Å². The van der Waals surface area contributed by atoms with Crippen molar-refractivity contribution in [3.8, 4) is 0 Å². The van der Waals surface area contributed by atoms with Crippen molar-refractivity contribution in [2.75, 3.05) is 33.5 Å². The van der Waals surface area contributed by atoms with E-state index in [2.05, 4.69) is 19.2 Å². The molecule has 0 aromatic heterocycles. The van der Waals surface area contributed by atoms with Gasteiger partial charge >= 0.3 is 0 Å². The van der Waals surface area contributed by atoms with Crippen molar-refractivity contribution >= 4 is 5.91 Å². The maximum atomic E-state index is 10.9. The van der Waals surface area contributed by atoms with Gasteiger partial charge in [0.05, 0.1) is 19.3 Å². The number of nitrogens with two attached hydrogens (primary N) is 1. The maximum absolute atomic E-state index is 10.9. The van der Waals surface area contributed by atoms with E-state index in [1.54, 1.807) is 7.05 Å². The molecule has 1 amide bonds. The average molecular weight is 232 g/mol. The molecule has 0 spiro atoms. The summed E-state index contributed by atoms with van der Waals surface area (Å²) < 4.78 is 10.7. The van der Waals surface area contributed by atoms with Gasteiger partial charge in [-0.05, 0) is 19.4 Å². The summed E-state index contributed by atoms with van der Waals surface area (Å²) in [6.45, 7) is 6.63. The molecule has 96 valence electrons. The molecule has 0 saturated heterocycles. The molecule has 5 heteroatoms. The molecule has 0 aliphatic heterocycles. The van der Waals surface area contributed by atoms with Gasteiger partial charge in [0.15, 0.2) is 0 Å². The minimum atomic E-state index is -0.345. The number of rotatable bonds is 10. The van der Waals surface area contributed by atoms with Gasteiger partial charge in [-0.2, -0.15) is 0 Å². The first-order valence-electron chi connectivity index (χ1n) is 5.70. The maximum Gasteiger partial charge on any atom is 0.234 e. The Bertz CT molecular complexity index is 186. The Morgan fingerprint density at radius 2 is 1.88 bits per heavy atom. The Labute approximate surface area is 97.7 Å². The number of carbonyl (C=O) groups is 1. The number of ether oxygens (including phenoxy) is 2.